The maximum atomic E-state index is 5.61. The summed E-state index contributed by atoms with van der Waals surface area (Å²) >= 11 is 0. The largest absolute Gasteiger partial charge is 0.379 e. The summed E-state index contributed by atoms with van der Waals surface area (Å²) in [7, 11) is 4.08. The van der Waals surface area contributed by atoms with Gasteiger partial charge in [-0.25, -0.2) is 0 Å². The molecule has 5 heteroatoms. The van der Waals surface area contributed by atoms with Crippen LogP contribution in [0.4, 0.5) is 0 Å². The molecule has 0 aliphatic rings. The predicted molar refractivity (Wildman–Crippen MR) is 114 cm³/mol. The Labute approximate surface area is 169 Å². The van der Waals surface area contributed by atoms with E-state index in [0.717, 1.165) is 19.8 Å². The summed E-state index contributed by atoms with van der Waals surface area (Å²) in [5, 5.41) is 0. The van der Waals surface area contributed by atoms with Crippen molar-refractivity contribution in [3.63, 3.8) is 0 Å². The highest BCUT2D eigenvalue weighted by Gasteiger charge is 1.95. The molecule has 5 nitrogen and oxygen atoms in total. The van der Waals surface area contributed by atoms with Gasteiger partial charge < -0.3 is 23.8 Å². The van der Waals surface area contributed by atoms with E-state index in [1.54, 1.807) is 0 Å². The van der Waals surface area contributed by atoms with Gasteiger partial charge in [0.25, 0.3) is 0 Å². The SMILES string of the molecule is CCCCCCCCCCCCOCCOCCOCCOCCN(C)C. The number of rotatable bonds is 23. The summed E-state index contributed by atoms with van der Waals surface area (Å²) in [5.41, 5.74) is 0. The van der Waals surface area contributed by atoms with Crippen LogP contribution in [-0.4, -0.2) is 78.4 Å². The van der Waals surface area contributed by atoms with Crippen molar-refractivity contribution in [1.29, 1.82) is 0 Å². The molecule has 0 atom stereocenters. The fraction of sp³-hybridized carbons (Fsp3) is 1.00. The van der Waals surface area contributed by atoms with Gasteiger partial charge in [0, 0.05) is 13.2 Å². The first-order valence-electron chi connectivity index (χ1n) is 11.2. The zero-order valence-electron chi connectivity index (χ0n) is 18.5. The Balaban J connectivity index is 2.97. The third-order valence-electron chi connectivity index (χ3n) is 4.44. The van der Waals surface area contributed by atoms with E-state index in [1.165, 1.54) is 64.2 Å². The topological polar surface area (TPSA) is 40.2 Å². The highest BCUT2D eigenvalue weighted by Crippen LogP contribution is 2.10. The van der Waals surface area contributed by atoms with Gasteiger partial charge in [0.2, 0.25) is 0 Å². The van der Waals surface area contributed by atoms with Gasteiger partial charge in [-0.3, -0.25) is 0 Å². The highest BCUT2D eigenvalue weighted by molar-refractivity contribution is 4.47. The van der Waals surface area contributed by atoms with E-state index in [9.17, 15) is 0 Å². The fourth-order valence-electron chi connectivity index (χ4n) is 2.70. The molecule has 0 aromatic carbocycles. The third kappa shape index (κ3) is 25.8. The number of hydrogen-bond donors (Lipinski definition) is 0. The van der Waals surface area contributed by atoms with E-state index < -0.39 is 0 Å². The Morgan fingerprint density at radius 2 is 0.815 bits per heavy atom. The van der Waals surface area contributed by atoms with E-state index in [1.807, 2.05) is 14.1 Å². The molecule has 0 aliphatic heterocycles. The maximum Gasteiger partial charge on any atom is 0.0701 e. The fourth-order valence-corrected chi connectivity index (χ4v) is 2.70. The van der Waals surface area contributed by atoms with Crippen molar-refractivity contribution in [3.8, 4) is 0 Å². The average Bonchev–Trinajstić information content (AvgIpc) is 2.65. The summed E-state index contributed by atoms with van der Waals surface area (Å²) in [6.07, 6.45) is 13.6. The monoisotopic (exact) mass is 389 g/mol. The van der Waals surface area contributed by atoms with Crippen molar-refractivity contribution in [2.75, 3.05) is 73.5 Å². The minimum atomic E-state index is 0.621. The molecule has 0 rings (SSSR count). The first-order chi connectivity index (χ1) is 13.3. The Kier molecular flexibility index (Phi) is 23.7. The van der Waals surface area contributed by atoms with Gasteiger partial charge in [-0.2, -0.15) is 0 Å². The molecule has 0 bridgehead atoms. The first-order valence-corrected chi connectivity index (χ1v) is 11.2. The summed E-state index contributed by atoms with van der Waals surface area (Å²) in [6.45, 7) is 8.70. The molecule has 0 radical (unpaired) electrons. The second-order valence-electron chi connectivity index (χ2n) is 7.43. The van der Waals surface area contributed by atoms with Crippen LogP contribution in [0.5, 0.6) is 0 Å². The molecule has 0 unspecified atom stereocenters. The average molecular weight is 390 g/mol. The number of unbranched alkanes of at least 4 members (excludes halogenated alkanes) is 9. The van der Waals surface area contributed by atoms with Crippen LogP contribution >= 0.6 is 0 Å². The zero-order chi connectivity index (χ0) is 19.8. The van der Waals surface area contributed by atoms with Crippen molar-refractivity contribution >= 4 is 0 Å². The normalized spacial score (nSPS) is 11.6. The van der Waals surface area contributed by atoms with E-state index in [0.29, 0.717) is 39.6 Å². The summed E-state index contributed by atoms with van der Waals surface area (Å²) in [5.74, 6) is 0. The Morgan fingerprint density at radius 1 is 0.444 bits per heavy atom. The van der Waals surface area contributed by atoms with Crippen LogP contribution in [0.15, 0.2) is 0 Å². The van der Waals surface area contributed by atoms with Crippen LogP contribution in [0.25, 0.3) is 0 Å². The predicted octanol–water partition coefficient (Wildman–Crippen LogP) is 4.54. The minimum Gasteiger partial charge on any atom is -0.379 e. The van der Waals surface area contributed by atoms with Crippen molar-refractivity contribution in [2.24, 2.45) is 0 Å². The zero-order valence-corrected chi connectivity index (χ0v) is 18.5. The minimum absolute atomic E-state index is 0.621. The number of nitrogens with zero attached hydrogens (tertiary/aromatic N) is 1. The molecule has 0 N–H and O–H groups in total. The van der Waals surface area contributed by atoms with Gasteiger partial charge in [-0.1, -0.05) is 64.7 Å². The highest BCUT2D eigenvalue weighted by atomic mass is 16.6. The lowest BCUT2D eigenvalue weighted by Gasteiger charge is -2.10. The van der Waals surface area contributed by atoms with Crippen LogP contribution in [-0.2, 0) is 18.9 Å². The molecule has 164 valence electrons. The molecule has 0 spiro atoms. The molecule has 0 aliphatic carbocycles. The molecule has 0 saturated heterocycles. The number of hydrogen-bond acceptors (Lipinski definition) is 5. The summed E-state index contributed by atoms with van der Waals surface area (Å²) in [4.78, 5) is 2.10. The van der Waals surface area contributed by atoms with Crippen molar-refractivity contribution in [3.05, 3.63) is 0 Å². The first kappa shape index (κ1) is 26.8. The number of ether oxygens (including phenoxy) is 4. The smallest absolute Gasteiger partial charge is 0.0701 e. The lowest BCUT2D eigenvalue weighted by Crippen LogP contribution is -2.19. The lowest BCUT2D eigenvalue weighted by molar-refractivity contribution is -0.00325. The third-order valence-corrected chi connectivity index (χ3v) is 4.44. The molecule has 0 amide bonds. The van der Waals surface area contributed by atoms with E-state index in [2.05, 4.69) is 11.8 Å². The molecular formula is C22H47NO4. The molecule has 0 aromatic rings. The van der Waals surface area contributed by atoms with Gasteiger partial charge in [-0.15, -0.1) is 0 Å². The van der Waals surface area contributed by atoms with Crippen molar-refractivity contribution in [1.82, 2.24) is 4.90 Å². The van der Waals surface area contributed by atoms with Gasteiger partial charge >= 0.3 is 0 Å². The van der Waals surface area contributed by atoms with Crippen LogP contribution in [0.3, 0.4) is 0 Å². The van der Waals surface area contributed by atoms with Gasteiger partial charge in [0.1, 0.15) is 0 Å². The number of likely N-dealkylation sites (N-methyl/N-ethyl adjacent to an activating group) is 1. The summed E-state index contributed by atoms with van der Waals surface area (Å²) < 4.78 is 22.0. The van der Waals surface area contributed by atoms with Crippen LogP contribution in [0, 0.1) is 0 Å². The van der Waals surface area contributed by atoms with E-state index >= 15 is 0 Å². The van der Waals surface area contributed by atoms with Gasteiger partial charge in [0.15, 0.2) is 0 Å². The van der Waals surface area contributed by atoms with Crippen molar-refractivity contribution < 1.29 is 18.9 Å². The van der Waals surface area contributed by atoms with Gasteiger partial charge in [-0.05, 0) is 20.5 Å². The standard InChI is InChI=1S/C22H47NO4/c1-4-5-6-7-8-9-10-11-12-13-15-24-17-19-26-21-22-27-20-18-25-16-14-23(2)3/h4-22H2,1-3H3. The van der Waals surface area contributed by atoms with Crippen LogP contribution in [0.1, 0.15) is 71.1 Å². The summed E-state index contributed by atoms with van der Waals surface area (Å²) in [6, 6.07) is 0. The molecule has 27 heavy (non-hydrogen) atoms. The molecule has 0 fully saturated rings. The van der Waals surface area contributed by atoms with E-state index in [4.69, 9.17) is 18.9 Å². The van der Waals surface area contributed by atoms with E-state index in [-0.39, 0.29) is 0 Å². The Morgan fingerprint density at radius 3 is 1.26 bits per heavy atom. The second kappa shape index (κ2) is 23.8. The maximum absolute atomic E-state index is 5.61. The Bertz CT molecular complexity index is 265. The molecule has 0 heterocycles. The van der Waals surface area contributed by atoms with Crippen LogP contribution in [0.2, 0.25) is 0 Å². The quantitative estimate of drug-likeness (QED) is 0.240. The Hall–Kier alpha value is -0.200. The second-order valence-corrected chi connectivity index (χ2v) is 7.43. The lowest BCUT2D eigenvalue weighted by atomic mass is 10.1. The van der Waals surface area contributed by atoms with Crippen LogP contribution < -0.4 is 0 Å². The molecule has 0 saturated carbocycles. The van der Waals surface area contributed by atoms with Gasteiger partial charge in [0.05, 0.1) is 46.2 Å². The van der Waals surface area contributed by atoms with Crippen molar-refractivity contribution in [2.45, 2.75) is 71.1 Å². The molecular weight excluding hydrogens is 342 g/mol. The molecule has 0 aromatic heterocycles.